The molecule has 0 fully saturated rings. The highest BCUT2D eigenvalue weighted by atomic mass is 19.1. The fraction of sp³-hybridized carbons (Fsp3) is 0.133. The second-order valence-electron chi connectivity index (χ2n) is 4.36. The number of nitro benzene ring substituents is 1. The van der Waals surface area contributed by atoms with Crippen LogP contribution >= 0.6 is 0 Å². The number of hydrogen-bond acceptors (Lipinski definition) is 4. The molecule has 0 heterocycles. The van der Waals surface area contributed by atoms with Gasteiger partial charge in [0.15, 0.2) is 0 Å². The molecule has 0 aliphatic heterocycles. The smallest absolute Gasteiger partial charge is 0.269 e. The van der Waals surface area contributed by atoms with Gasteiger partial charge in [-0.15, -0.1) is 0 Å². The molecule has 0 saturated carbocycles. The number of non-ortho nitro benzene ring substituents is 1. The normalized spacial score (nSPS) is 12.3. The molecule has 2 aromatic carbocycles. The number of halogens is 1. The average molecular weight is 288 g/mol. The molecule has 0 amide bonds. The molecule has 0 unspecified atom stereocenters. The molecule has 2 aromatic rings. The Kier molecular flexibility index (Phi) is 4.61. The molecule has 0 aliphatic rings. The maximum atomic E-state index is 13.4. The minimum Gasteiger partial charge on any atom is -0.388 e. The molecule has 1 atom stereocenters. The lowest BCUT2D eigenvalue weighted by Gasteiger charge is -2.09. The zero-order valence-electron chi connectivity index (χ0n) is 11.3. The third kappa shape index (κ3) is 3.85. The molecule has 0 N–H and O–H groups in total. The summed E-state index contributed by atoms with van der Waals surface area (Å²) in [6.45, 7) is 1.71. The van der Waals surface area contributed by atoms with Crippen LogP contribution < -0.4 is 0 Å². The van der Waals surface area contributed by atoms with Gasteiger partial charge in [0.05, 0.1) is 11.1 Å². The third-order valence-corrected chi connectivity index (χ3v) is 2.87. The molecule has 21 heavy (non-hydrogen) atoms. The summed E-state index contributed by atoms with van der Waals surface area (Å²) in [5.74, 6) is -0.396. The topological polar surface area (TPSA) is 64.7 Å². The van der Waals surface area contributed by atoms with E-state index >= 15 is 0 Å². The Hall–Kier alpha value is -2.76. The standard InChI is InChI=1S/C15H13FN2O3/c1-11(12-6-4-7-14(9-12)18(19)20)21-17-10-13-5-2-3-8-15(13)16/h2-11H,1H3/b17-10-/t11-/m0/s1. The highest BCUT2D eigenvalue weighted by Gasteiger charge is 2.11. The van der Waals surface area contributed by atoms with Crippen LogP contribution in [0.3, 0.4) is 0 Å². The quantitative estimate of drug-likeness (QED) is 0.477. The monoisotopic (exact) mass is 288 g/mol. The lowest BCUT2D eigenvalue weighted by Crippen LogP contribution is -1.98. The van der Waals surface area contributed by atoms with Crippen molar-refractivity contribution in [3.63, 3.8) is 0 Å². The molecule has 0 radical (unpaired) electrons. The summed E-state index contributed by atoms with van der Waals surface area (Å²) >= 11 is 0. The van der Waals surface area contributed by atoms with Crippen molar-refractivity contribution in [1.29, 1.82) is 0 Å². The van der Waals surface area contributed by atoms with Crippen LogP contribution in [0, 0.1) is 15.9 Å². The number of hydrogen-bond donors (Lipinski definition) is 0. The van der Waals surface area contributed by atoms with Crippen LogP contribution in [0.2, 0.25) is 0 Å². The Morgan fingerprint density at radius 2 is 2.05 bits per heavy atom. The van der Waals surface area contributed by atoms with Crippen LogP contribution in [0.15, 0.2) is 53.7 Å². The Bertz CT molecular complexity index is 673. The number of rotatable bonds is 5. The Morgan fingerprint density at radius 3 is 2.76 bits per heavy atom. The molecule has 2 rings (SSSR count). The molecule has 6 heteroatoms. The second kappa shape index (κ2) is 6.60. The number of nitrogens with zero attached hydrogens (tertiary/aromatic N) is 2. The first-order valence-corrected chi connectivity index (χ1v) is 6.26. The molecule has 0 aromatic heterocycles. The summed E-state index contributed by atoms with van der Waals surface area (Å²) in [7, 11) is 0. The molecule has 0 saturated heterocycles. The van der Waals surface area contributed by atoms with E-state index in [4.69, 9.17) is 4.84 Å². The van der Waals surface area contributed by atoms with E-state index in [0.717, 1.165) is 0 Å². The van der Waals surface area contributed by atoms with Crippen molar-refractivity contribution in [3.05, 3.63) is 75.6 Å². The molecular weight excluding hydrogens is 275 g/mol. The number of benzene rings is 2. The van der Waals surface area contributed by atoms with Gasteiger partial charge >= 0.3 is 0 Å². The summed E-state index contributed by atoms with van der Waals surface area (Å²) in [5, 5.41) is 14.4. The number of nitro groups is 1. The number of oxime groups is 1. The van der Waals surface area contributed by atoms with Crippen LogP contribution in [0.5, 0.6) is 0 Å². The SMILES string of the molecule is C[C@H](O/N=C\c1ccccc1F)c1cccc([N+](=O)[O-])c1. The van der Waals surface area contributed by atoms with Gasteiger partial charge in [-0.2, -0.15) is 0 Å². The Balaban J connectivity index is 2.05. The van der Waals surface area contributed by atoms with Gasteiger partial charge < -0.3 is 4.84 Å². The van der Waals surface area contributed by atoms with E-state index in [1.807, 2.05) is 0 Å². The molecule has 0 bridgehead atoms. The summed E-state index contributed by atoms with van der Waals surface area (Å²) in [5.41, 5.74) is 0.916. The van der Waals surface area contributed by atoms with Crippen molar-refractivity contribution < 1.29 is 14.2 Å². The minimum absolute atomic E-state index is 0.0129. The molecular formula is C15H13FN2O3. The van der Waals surface area contributed by atoms with E-state index in [-0.39, 0.29) is 5.69 Å². The van der Waals surface area contributed by atoms with Crippen molar-refractivity contribution >= 4 is 11.9 Å². The lowest BCUT2D eigenvalue weighted by atomic mass is 10.1. The van der Waals surface area contributed by atoms with Gasteiger partial charge in [0, 0.05) is 23.3 Å². The average Bonchev–Trinajstić information content (AvgIpc) is 2.49. The fourth-order valence-corrected chi connectivity index (χ4v) is 1.71. The van der Waals surface area contributed by atoms with Crippen LogP contribution in [0.4, 0.5) is 10.1 Å². The van der Waals surface area contributed by atoms with E-state index in [0.29, 0.717) is 11.1 Å². The van der Waals surface area contributed by atoms with Crippen LogP contribution in [-0.2, 0) is 4.84 Å². The van der Waals surface area contributed by atoms with Crippen molar-refractivity contribution in [3.8, 4) is 0 Å². The second-order valence-corrected chi connectivity index (χ2v) is 4.36. The van der Waals surface area contributed by atoms with Gasteiger partial charge in [0.2, 0.25) is 0 Å². The van der Waals surface area contributed by atoms with Crippen molar-refractivity contribution in [1.82, 2.24) is 0 Å². The lowest BCUT2D eigenvalue weighted by molar-refractivity contribution is -0.385. The third-order valence-electron chi connectivity index (χ3n) is 2.87. The molecule has 0 aliphatic carbocycles. The fourth-order valence-electron chi connectivity index (χ4n) is 1.71. The maximum Gasteiger partial charge on any atom is 0.269 e. The van der Waals surface area contributed by atoms with Crippen LogP contribution in [0.25, 0.3) is 0 Å². The molecule has 0 spiro atoms. The predicted molar refractivity (Wildman–Crippen MR) is 76.6 cm³/mol. The first-order chi connectivity index (χ1) is 10.1. The van der Waals surface area contributed by atoms with Crippen molar-refractivity contribution in [2.24, 2.45) is 5.16 Å². The zero-order valence-corrected chi connectivity index (χ0v) is 11.3. The minimum atomic E-state index is -0.479. The van der Waals surface area contributed by atoms with Crippen molar-refractivity contribution in [2.75, 3.05) is 0 Å². The van der Waals surface area contributed by atoms with Gasteiger partial charge in [0.1, 0.15) is 11.9 Å². The molecule has 5 nitrogen and oxygen atoms in total. The highest BCUT2D eigenvalue weighted by Crippen LogP contribution is 2.21. The van der Waals surface area contributed by atoms with E-state index in [9.17, 15) is 14.5 Å². The van der Waals surface area contributed by atoms with E-state index < -0.39 is 16.8 Å². The van der Waals surface area contributed by atoms with Gasteiger partial charge in [-0.05, 0) is 13.0 Å². The van der Waals surface area contributed by atoms with E-state index in [1.165, 1.54) is 24.4 Å². The first kappa shape index (κ1) is 14.6. The Morgan fingerprint density at radius 1 is 1.29 bits per heavy atom. The van der Waals surface area contributed by atoms with Crippen LogP contribution in [-0.4, -0.2) is 11.1 Å². The summed E-state index contributed by atoms with van der Waals surface area (Å²) in [4.78, 5) is 15.4. The van der Waals surface area contributed by atoms with Gasteiger partial charge in [-0.25, -0.2) is 4.39 Å². The summed E-state index contributed by atoms with van der Waals surface area (Å²) in [6, 6.07) is 12.3. The van der Waals surface area contributed by atoms with Gasteiger partial charge in [-0.1, -0.05) is 35.5 Å². The van der Waals surface area contributed by atoms with E-state index in [2.05, 4.69) is 5.16 Å². The largest absolute Gasteiger partial charge is 0.388 e. The predicted octanol–water partition coefficient (Wildman–Crippen LogP) is 3.85. The summed E-state index contributed by atoms with van der Waals surface area (Å²) in [6.07, 6.45) is 0.788. The highest BCUT2D eigenvalue weighted by molar-refractivity contribution is 5.79. The van der Waals surface area contributed by atoms with Crippen molar-refractivity contribution in [2.45, 2.75) is 13.0 Å². The molecule has 108 valence electrons. The zero-order chi connectivity index (χ0) is 15.2. The van der Waals surface area contributed by atoms with Gasteiger partial charge in [-0.3, -0.25) is 10.1 Å². The Labute approximate surface area is 120 Å². The van der Waals surface area contributed by atoms with E-state index in [1.54, 1.807) is 37.3 Å². The summed E-state index contributed by atoms with van der Waals surface area (Å²) < 4.78 is 13.4. The first-order valence-electron chi connectivity index (χ1n) is 6.26. The maximum absolute atomic E-state index is 13.4. The van der Waals surface area contributed by atoms with Gasteiger partial charge in [0.25, 0.3) is 5.69 Å². The van der Waals surface area contributed by atoms with Crippen LogP contribution in [0.1, 0.15) is 24.2 Å².